The Balaban J connectivity index is 2.10. The van der Waals surface area contributed by atoms with Gasteiger partial charge in [0.15, 0.2) is 11.5 Å². The standard InChI is InChI=1S/C17H17N5O6S/c1-2-8-28-13(23)9-12-18-15(21-29(25,26)27)14-16(19-12)22(17(24)20-14)10-11-6-4-3-5-7-11/h2-7H,1,8-10H2,(H,20,24)(H,18,19,21)(H,25,26,27). The number of H-pyrrole nitrogens is 1. The maximum Gasteiger partial charge on any atom is 0.358 e. The molecule has 11 nitrogen and oxygen atoms in total. The van der Waals surface area contributed by atoms with Gasteiger partial charge in [0.2, 0.25) is 0 Å². The lowest BCUT2D eigenvalue weighted by Gasteiger charge is -2.08. The molecule has 12 heteroatoms. The predicted octanol–water partition coefficient (Wildman–Crippen LogP) is 0.654. The Kier molecular flexibility index (Phi) is 5.75. The molecular formula is C17H17N5O6S. The Morgan fingerprint density at radius 2 is 2.03 bits per heavy atom. The Labute approximate surface area is 164 Å². The lowest BCUT2D eigenvalue weighted by atomic mass is 10.2. The van der Waals surface area contributed by atoms with Gasteiger partial charge in [-0.15, -0.1) is 0 Å². The van der Waals surface area contributed by atoms with Crippen molar-refractivity contribution < 1.29 is 22.5 Å². The molecule has 3 N–H and O–H groups in total. The molecule has 0 aliphatic heterocycles. The monoisotopic (exact) mass is 419 g/mol. The van der Waals surface area contributed by atoms with Gasteiger partial charge in [0.1, 0.15) is 24.4 Å². The summed E-state index contributed by atoms with van der Waals surface area (Å²) < 4.78 is 39.7. The summed E-state index contributed by atoms with van der Waals surface area (Å²) in [4.78, 5) is 34.9. The molecule has 2 heterocycles. The van der Waals surface area contributed by atoms with E-state index in [-0.39, 0.29) is 42.4 Å². The van der Waals surface area contributed by atoms with Crippen LogP contribution in [0.2, 0.25) is 0 Å². The van der Waals surface area contributed by atoms with Crippen molar-refractivity contribution in [3.63, 3.8) is 0 Å². The van der Waals surface area contributed by atoms with Crippen LogP contribution in [-0.4, -0.2) is 45.1 Å². The fourth-order valence-electron chi connectivity index (χ4n) is 2.59. The number of ether oxygens (including phenoxy) is 1. The number of esters is 1. The second-order valence-electron chi connectivity index (χ2n) is 5.91. The van der Waals surface area contributed by atoms with Crippen molar-refractivity contribution in [3.8, 4) is 0 Å². The zero-order chi connectivity index (χ0) is 21.0. The number of aromatic nitrogens is 4. The maximum atomic E-state index is 12.4. The number of nitrogens with zero attached hydrogens (tertiary/aromatic N) is 3. The molecule has 29 heavy (non-hydrogen) atoms. The fourth-order valence-corrected chi connectivity index (χ4v) is 2.99. The highest BCUT2D eigenvalue weighted by Crippen LogP contribution is 2.19. The van der Waals surface area contributed by atoms with Crippen molar-refractivity contribution in [2.24, 2.45) is 0 Å². The van der Waals surface area contributed by atoms with E-state index in [1.165, 1.54) is 10.6 Å². The third-order valence-electron chi connectivity index (χ3n) is 3.74. The minimum absolute atomic E-state index is 0.0138. The van der Waals surface area contributed by atoms with Crippen LogP contribution in [-0.2, 0) is 32.8 Å². The average molecular weight is 419 g/mol. The number of rotatable bonds is 8. The summed E-state index contributed by atoms with van der Waals surface area (Å²) in [7, 11) is -4.69. The van der Waals surface area contributed by atoms with Crippen LogP contribution in [0.15, 0.2) is 47.8 Å². The minimum Gasteiger partial charge on any atom is -0.461 e. The second-order valence-corrected chi connectivity index (χ2v) is 7.07. The number of hydrogen-bond donors (Lipinski definition) is 3. The molecule has 3 aromatic rings. The molecule has 0 atom stereocenters. The third-order valence-corrected chi connectivity index (χ3v) is 4.19. The zero-order valence-corrected chi connectivity index (χ0v) is 15.8. The normalized spacial score (nSPS) is 11.3. The number of imidazole rings is 1. The third kappa shape index (κ3) is 5.06. The number of aromatic amines is 1. The SMILES string of the molecule is C=CCOC(=O)Cc1nc(NS(=O)(=O)O)c2[nH]c(=O)n(Cc3ccccc3)c2n1. The number of fused-ring (bicyclic) bond motifs is 1. The fraction of sp³-hybridized carbons (Fsp3) is 0.176. The molecule has 0 unspecified atom stereocenters. The van der Waals surface area contributed by atoms with Crippen LogP contribution in [0.4, 0.5) is 5.82 Å². The van der Waals surface area contributed by atoms with E-state index < -0.39 is 22.0 Å². The molecule has 0 saturated carbocycles. The Bertz CT molecular complexity index is 1220. The molecule has 1 aromatic carbocycles. The molecule has 3 rings (SSSR count). The van der Waals surface area contributed by atoms with Gasteiger partial charge >= 0.3 is 22.0 Å². The highest BCUT2D eigenvalue weighted by molar-refractivity contribution is 7.87. The number of hydrogen-bond acceptors (Lipinski definition) is 7. The molecule has 0 fully saturated rings. The first kappa shape index (κ1) is 20.2. The van der Waals surface area contributed by atoms with Crippen molar-refractivity contribution in [1.29, 1.82) is 0 Å². The Morgan fingerprint density at radius 3 is 2.69 bits per heavy atom. The number of anilines is 1. The maximum absolute atomic E-state index is 12.4. The van der Waals surface area contributed by atoms with Gasteiger partial charge in [-0.05, 0) is 5.56 Å². The van der Waals surface area contributed by atoms with E-state index in [0.717, 1.165) is 5.56 Å². The molecule has 0 aliphatic rings. The second kappa shape index (κ2) is 8.24. The van der Waals surface area contributed by atoms with E-state index in [1.54, 1.807) is 24.3 Å². The molecule has 0 aliphatic carbocycles. The minimum atomic E-state index is -4.69. The number of carbonyl (C=O) groups is 1. The molecule has 152 valence electrons. The number of nitrogens with one attached hydrogen (secondary N) is 2. The van der Waals surface area contributed by atoms with Crippen LogP contribution >= 0.6 is 0 Å². The molecule has 0 bridgehead atoms. The number of carbonyl (C=O) groups excluding carboxylic acids is 1. The van der Waals surface area contributed by atoms with Crippen molar-refractivity contribution in [1.82, 2.24) is 19.5 Å². The van der Waals surface area contributed by atoms with Crippen molar-refractivity contribution in [2.45, 2.75) is 13.0 Å². The summed E-state index contributed by atoms with van der Waals surface area (Å²) >= 11 is 0. The van der Waals surface area contributed by atoms with Gasteiger partial charge in [0.25, 0.3) is 0 Å². The zero-order valence-electron chi connectivity index (χ0n) is 15.0. The van der Waals surface area contributed by atoms with Gasteiger partial charge in [-0.1, -0.05) is 43.0 Å². The Hall–Kier alpha value is -3.51. The van der Waals surface area contributed by atoms with Gasteiger partial charge in [-0.3, -0.25) is 13.9 Å². The smallest absolute Gasteiger partial charge is 0.358 e. The number of benzene rings is 1. The van der Waals surface area contributed by atoms with Crippen molar-refractivity contribution in [2.75, 3.05) is 11.3 Å². The van der Waals surface area contributed by atoms with E-state index in [0.29, 0.717) is 0 Å². The quantitative estimate of drug-likeness (QED) is 0.273. The van der Waals surface area contributed by atoms with Crippen molar-refractivity contribution >= 4 is 33.3 Å². The first-order chi connectivity index (χ1) is 13.8. The first-order valence-electron chi connectivity index (χ1n) is 8.32. The van der Waals surface area contributed by atoms with Crippen LogP contribution in [0.25, 0.3) is 11.2 Å². The van der Waals surface area contributed by atoms with E-state index in [2.05, 4.69) is 21.5 Å². The largest absolute Gasteiger partial charge is 0.461 e. The van der Waals surface area contributed by atoms with Crippen LogP contribution < -0.4 is 10.4 Å². The van der Waals surface area contributed by atoms with Crippen LogP contribution in [0, 0.1) is 0 Å². The average Bonchev–Trinajstić information content (AvgIpc) is 2.96. The van der Waals surface area contributed by atoms with E-state index in [4.69, 9.17) is 9.29 Å². The summed E-state index contributed by atoms with van der Waals surface area (Å²) in [5.74, 6) is -1.14. The van der Waals surface area contributed by atoms with Gasteiger partial charge in [-0.25, -0.2) is 19.5 Å². The van der Waals surface area contributed by atoms with Crippen LogP contribution in [0.1, 0.15) is 11.4 Å². The Morgan fingerprint density at radius 1 is 1.31 bits per heavy atom. The van der Waals surface area contributed by atoms with Gasteiger partial charge in [0.05, 0.1) is 6.54 Å². The highest BCUT2D eigenvalue weighted by atomic mass is 32.2. The summed E-state index contributed by atoms with van der Waals surface area (Å²) in [5.41, 5.74) is 0.256. The first-order valence-corrected chi connectivity index (χ1v) is 9.76. The van der Waals surface area contributed by atoms with Crippen molar-refractivity contribution in [3.05, 3.63) is 64.9 Å². The van der Waals surface area contributed by atoms with Crippen LogP contribution in [0.3, 0.4) is 0 Å². The van der Waals surface area contributed by atoms with Gasteiger partial charge < -0.3 is 9.72 Å². The van der Waals surface area contributed by atoms with E-state index >= 15 is 0 Å². The summed E-state index contributed by atoms with van der Waals surface area (Å²) in [6.45, 7) is 3.56. The van der Waals surface area contributed by atoms with Gasteiger partial charge in [0, 0.05) is 0 Å². The highest BCUT2D eigenvalue weighted by Gasteiger charge is 2.20. The van der Waals surface area contributed by atoms with Gasteiger partial charge in [-0.2, -0.15) is 8.42 Å². The van der Waals surface area contributed by atoms with Crippen LogP contribution in [0.5, 0.6) is 0 Å². The topological polar surface area (TPSA) is 156 Å². The lowest BCUT2D eigenvalue weighted by Crippen LogP contribution is -2.18. The molecule has 0 spiro atoms. The molecule has 0 saturated heterocycles. The summed E-state index contributed by atoms with van der Waals surface area (Å²) in [5, 5.41) is 0. The lowest BCUT2D eigenvalue weighted by molar-refractivity contribution is -0.141. The predicted molar refractivity (Wildman–Crippen MR) is 104 cm³/mol. The molecular weight excluding hydrogens is 402 g/mol. The van der Waals surface area contributed by atoms with E-state index in [1.807, 2.05) is 10.8 Å². The molecule has 0 radical (unpaired) electrons. The molecule has 0 amide bonds. The molecule has 2 aromatic heterocycles. The van der Waals surface area contributed by atoms with E-state index in [9.17, 15) is 18.0 Å². The summed E-state index contributed by atoms with van der Waals surface area (Å²) in [6, 6.07) is 9.03. The summed E-state index contributed by atoms with van der Waals surface area (Å²) in [6.07, 6.45) is 1.01.